The van der Waals surface area contributed by atoms with Crippen molar-refractivity contribution in [1.29, 1.82) is 0 Å². The molecular formula is C15H15ClN2O. The van der Waals surface area contributed by atoms with Gasteiger partial charge in [0.15, 0.2) is 0 Å². The summed E-state index contributed by atoms with van der Waals surface area (Å²) in [5.74, 6) is 1.65. The molecule has 0 unspecified atom stereocenters. The summed E-state index contributed by atoms with van der Waals surface area (Å²) < 4.78 is 5.53. The molecule has 0 saturated carbocycles. The van der Waals surface area contributed by atoms with E-state index in [0.717, 1.165) is 47.3 Å². The van der Waals surface area contributed by atoms with Gasteiger partial charge in [0.05, 0.1) is 6.26 Å². The summed E-state index contributed by atoms with van der Waals surface area (Å²) in [4.78, 5) is 7.75. The maximum atomic E-state index is 5.69. The number of para-hydroxylation sites is 1. The average molecular weight is 275 g/mol. The molecule has 0 saturated heterocycles. The molecule has 0 aliphatic carbocycles. The third-order valence-corrected chi connectivity index (χ3v) is 3.45. The van der Waals surface area contributed by atoms with Gasteiger partial charge < -0.3 is 9.40 Å². The van der Waals surface area contributed by atoms with E-state index in [4.69, 9.17) is 16.0 Å². The first-order chi connectivity index (χ1) is 9.36. The number of aromatic amines is 1. The van der Waals surface area contributed by atoms with Gasteiger partial charge in [-0.1, -0.05) is 18.2 Å². The molecule has 0 radical (unpaired) electrons. The number of aromatic nitrogens is 2. The van der Waals surface area contributed by atoms with Crippen molar-refractivity contribution < 1.29 is 4.42 Å². The molecule has 0 fully saturated rings. The van der Waals surface area contributed by atoms with Crippen LogP contribution in [0.3, 0.4) is 0 Å². The number of nitrogens with zero attached hydrogens (tertiary/aromatic N) is 1. The van der Waals surface area contributed by atoms with Gasteiger partial charge in [-0.25, -0.2) is 4.98 Å². The zero-order valence-electron chi connectivity index (χ0n) is 10.5. The van der Waals surface area contributed by atoms with E-state index in [2.05, 4.69) is 16.0 Å². The van der Waals surface area contributed by atoms with Crippen molar-refractivity contribution in [2.24, 2.45) is 0 Å². The number of H-pyrrole nitrogens is 1. The van der Waals surface area contributed by atoms with Crippen LogP contribution >= 0.6 is 11.6 Å². The van der Waals surface area contributed by atoms with E-state index in [9.17, 15) is 0 Å². The molecule has 98 valence electrons. The number of hydrogen-bond donors (Lipinski definition) is 1. The van der Waals surface area contributed by atoms with E-state index in [0.29, 0.717) is 5.88 Å². The molecule has 3 nitrogen and oxygen atoms in total. The van der Waals surface area contributed by atoms with Crippen LogP contribution in [-0.4, -0.2) is 15.8 Å². The molecule has 0 bridgehead atoms. The van der Waals surface area contributed by atoms with Gasteiger partial charge in [-0.2, -0.15) is 0 Å². The van der Waals surface area contributed by atoms with E-state index in [1.165, 1.54) is 0 Å². The topological polar surface area (TPSA) is 41.8 Å². The number of fused-ring (bicyclic) bond motifs is 1. The fraction of sp³-hybridized carbons (Fsp3) is 0.267. The largest absolute Gasteiger partial charge is 0.464 e. The summed E-state index contributed by atoms with van der Waals surface area (Å²) in [5, 5.41) is 1.15. The molecule has 1 aromatic carbocycles. The van der Waals surface area contributed by atoms with Gasteiger partial charge in [-0.3, -0.25) is 0 Å². The Kier molecular flexibility index (Phi) is 3.56. The lowest BCUT2D eigenvalue weighted by Gasteiger charge is -1.96. The lowest BCUT2D eigenvalue weighted by atomic mass is 10.1. The summed E-state index contributed by atoms with van der Waals surface area (Å²) in [6.07, 6.45) is 6.38. The number of rotatable bonds is 5. The molecule has 0 aliphatic heterocycles. The standard InChI is InChI=1S/C15H15ClN2O/c16-7-3-4-12-9-17-15(18-12)8-11-10-19-14-6-2-1-5-13(11)14/h1-2,5-6,9-10H,3-4,7-8H2,(H,17,18). The maximum Gasteiger partial charge on any atom is 0.134 e. The Morgan fingerprint density at radius 3 is 3.05 bits per heavy atom. The number of aryl methyl sites for hydroxylation is 1. The van der Waals surface area contributed by atoms with E-state index >= 15 is 0 Å². The Morgan fingerprint density at radius 1 is 1.26 bits per heavy atom. The fourth-order valence-corrected chi connectivity index (χ4v) is 2.36. The fourth-order valence-electron chi connectivity index (χ4n) is 2.23. The van der Waals surface area contributed by atoms with Gasteiger partial charge in [0.1, 0.15) is 11.4 Å². The molecule has 0 aliphatic rings. The SMILES string of the molecule is ClCCCc1cnc(Cc2coc3ccccc23)[nH]1. The smallest absolute Gasteiger partial charge is 0.134 e. The predicted octanol–water partition coefficient (Wildman–Crippen LogP) is 3.92. The quantitative estimate of drug-likeness (QED) is 0.717. The van der Waals surface area contributed by atoms with Gasteiger partial charge in [0.2, 0.25) is 0 Å². The van der Waals surface area contributed by atoms with Gasteiger partial charge in [0, 0.05) is 35.1 Å². The Labute approximate surface area is 116 Å². The van der Waals surface area contributed by atoms with Crippen LogP contribution in [0.4, 0.5) is 0 Å². The maximum absolute atomic E-state index is 5.69. The number of alkyl halides is 1. The monoisotopic (exact) mass is 274 g/mol. The molecule has 2 heterocycles. The number of benzene rings is 1. The number of halogens is 1. The normalized spacial score (nSPS) is 11.2. The van der Waals surface area contributed by atoms with Gasteiger partial charge >= 0.3 is 0 Å². The van der Waals surface area contributed by atoms with Crippen molar-refractivity contribution in [2.45, 2.75) is 19.3 Å². The minimum Gasteiger partial charge on any atom is -0.464 e. The Balaban J connectivity index is 1.79. The highest BCUT2D eigenvalue weighted by Crippen LogP contribution is 2.22. The summed E-state index contributed by atoms with van der Waals surface area (Å²) in [6.45, 7) is 0. The second-order valence-electron chi connectivity index (χ2n) is 4.58. The van der Waals surface area contributed by atoms with Gasteiger partial charge in [-0.15, -0.1) is 11.6 Å². The van der Waals surface area contributed by atoms with Crippen LogP contribution in [0.2, 0.25) is 0 Å². The Bertz CT molecular complexity index is 671. The molecular weight excluding hydrogens is 260 g/mol. The van der Waals surface area contributed by atoms with Crippen LogP contribution in [0.1, 0.15) is 23.5 Å². The summed E-state index contributed by atoms with van der Waals surface area (Å²) >= 11 is 5.69. The van der Waals surface area contributed by atoms with Crippen molar-refractivity contribution in [1.82, 2.24) is 9.97 Å². The zero-order chi connectivity index (χ0) is 13.1. The first-order valence-electron chi connectivity index (χ1n) is 6.40. The van der Waals surface area contributed by atoms with Crippen LogP contribution in [-0.2, 0) is 12.8 Å². The molecule has 0 spiro atoms. The van der Waals surface area contributed by atoms with E-state index in [-0.39, 0.29) is 0 Å². The van der Waals surface area contributed by atoms with Gasteiger partial charge in [0.25, 0.3) is 0 Å². The van der Waals surface area contributed by atoms with Crippen molar-refractivity contribution in [3.05, 3.63) is 53.8 Å². The van der Waals surface area contributed by atoms with Crippen LogP contribution < -0.4 is 0 Å². The Hall–Kier alpha value is -1.74. The van der Waals surface area contributed by atoms with Crippen LogP contribution in [0, 0.1) is 0 Å². The first-order valence-corrected chi connectivity index (χ1v) is 6.94. The van der Waals surface area contributed by atoms with Crippen molar-refractivity contribution in [3.8, 4) is 0 Å². The average Bonchev–Trinajstić information content (AvgIpc) is 3.05. The molecule has 1 N–H and O–H groups in total. The minimum absolute atomic E-state index is 0.681. The molecule has 4 heteroatoms. The van der Waals surface area contributed by atoms with Crippen LogP contribution in [0.15, 0.2) is 41.1 Å². The third kappa shape index (κ3) is 2.66. The lowest BCUT2D eigenvalue weighted by Crippen LogP contribution is -1.91. The van der Waals surface area contributed by atoms with Crippen LogP contribution in [0.25, 0.3) is 11.0 Å². The van der Waals surface area contributed by atoms with Crippen molar-refractivity contribution >= 4 is 22.6 Å². The number of imidazole rings is 1. The first kappa shape index (κ1) is 12.3. The van der Waals surface area contributed by atoms with E-state index in [1.54, 1.807) is 0 Å². The summed E-state index contributed by atoms with van der Waals surface area (Å²) in [7, 11) is 0. The molecule has 19 heavy (non-hydrogen) atoms. The summed E-state index contributed by atoms with van der Waals surface area (Å²) in [6, 6.07) is 8.06. The zero-order valence-corrected chi connectivity index (χ0v) is 11.3. The van der Waals surface area contributed by atoms with Crippen molar-refractivity contribution in [2.75, 3.05) is 5.88 Å². The third-order valence-electron chi connectivity index (χ3n) is 3.18. The molecule has 3 aromatic rings. The lowest BCUT2D eigenvalue weighted by molar-refractivity contribution is 0.611. The molecule has 3 rings (SSSR count). The molecule has 0 amide bonds. The summed E-state index contributed by atoms with van der Waals surface area (Å²) in [5.41, 5.74) is 3.23. The minimum atomic E-state index is 0.681. The molecule has 2 aromatic heterocycles. The highest BCUT2D eigenvalue weighted by atomic mass is 35.5. The van der Waals surface area contributed by atoms with Gasteiger partial charge in [-0.05, 0) is 18.9 Å². The number of hydrogen-bond acceptors (Lipinski definition) is 2. The highest BCUT2D eigenvalue weighted by molar-refractivity contribution is 6.17. The van der Waals surface area contributed by atoms with Crippen LogP contribution in [0.5, 0.6) is 0 Å². The number of furan rings is 1. The van der Waals surface area contributed by atoms with Crippen molar-refractivity contribution in [3.63, 3.8) is 0 Å². The van der Waals surface area contributed by atoms with E-state index in [1.807, 2.05) is 30.7 Å². The predicted molar refractivity (Wildman–Crippen MR) is 76.6 cm³/mol. The van der Waals surface area contributed by atoms with E-state index < -0.39 is 0 Å². The Morgan fingerprint density at radius 2 is 2.16 bits per heavy atom. The molecule has 0 atom stereocenters. The second-order valence-corrected chi connectivity index (χ2v) is 4.96. The number of nitrogens with one attached hydrogen (secondary N) is 1. The second kappa shape index (κ2) is 5.49. The highest BCUT2D eigenvalue weighted by Gasteiger charge is 2.08.